The minimum absolute atomic E-state index is 0.0342. The van der Waals surface area contributed by atoms with Crippen LogP contribution >= 0.6 is 0 Å². The quantitative estimate of drug-likeness (QED) is 0.291. The molecule has 1 aromatic heterocycles. The van der Waals surface area contributed by atoms with Crippen molar-refractivity contribution in [2.75, 3.05) is 20.8 Å². The molecule has 0 aliphatic carbocycles. The number of carbonyl (C=O) groups excluding carboxylic acids is 4. The number of aromatic nitrogens is 3. The summed E-state index contributed by atoms with van der Waals surface area (Å²) in [6.07, 6.45) is -4.69. The minimum Gasteiger partial charge on any atom is -0.497 e. The van der Waals surface area contributed by atoms with Crippen molar-refractivity contribution < 1.29 is 47.6 Å². The fourth-order valence-corrected chi connectivity index (χ4v) is 3.46. The van der Waals surface area contributed by atoms with Crippen molar-refractivity contribution in [3.05, 3.63) is 41.5 Å². The first kappa shape index (κ1) is 27.2. The number of rotatable bonds is 7. The van der Waals surface area contributed by atoms with Gasteiger partial charge in [-0.1, -0.05) is 5.92 Å². The number of carbonyl (C=O) groups is 4. The molecule has 13 heteroatoms. The topological polar surface area (TPSA) is 154 Å². The van der Waals surface area contributed by atoms with Crippen LogP contribution in [0.5, 0.6) is 5.75 Å². The van der Waals surface area contributed by atoms with Gasteiger partial charge in [0.05, 0.1) is 14.2 Å². The molecule has 1 aromatic carbocycles. The Morgan fingerprint density at radius 2 is 1.59 bits per heavy atom. The molecule has 2 aromatic rings. The van der Waals surface area contributed by atoms with E-state index in [0.29, 0.717) is 11.3 Å². The van der Waals surface area contributed by atoms with Crippen molar-refractivity contribution in [1.29, 1.82) is 0 Å². The molecule has 2 heterocycles. The molecule has 37 heavy (non-hydrogen) atoms. The first-order valence-electron chi connectivity index (χ1n) is 11.0. The molecule has 0 amide bonds. The number of ether oxygens (including phenoxy) is 6. The minimum atomic E-state index is -1.25. The zero-order chi connectivity index (χ0) is 27.1. The molecule has 0 spiro atoms. The van der Waals surface area contributed by atoms with E-state index in [1.807, 2.05) is 0 Å². The average molecular weight is 515 g/mol. The van der Waals surface area contributed by atoms with Gasteiger partial charge in [-0.25, -0.2) is 9.48 Å². The summed E-state index contributed by atoms with van der Waals surface area (Å²) in [5.41, 5.74) is 0.601. The molecule has 1 aliphatic rings. The predicted molar refractivity (Wildman–Crippen MR) is 122 cm³/mol. The summed E-state index contributed by atoms with van der Waals surface area (Å²) in [4.78, 5) is 51.4. The normalized spacial score (nSPS) is 20.2. The van der Waals surface area contributed by atoms with Gasteiger partial charge in [-0.2, -0.15) is 4.98 Å². The summed E-state index contributed by atoms with van der Waals surface area (Å²) in [5, 5.41) is 4.15. The average Bonchev–Trinajstić information content (AvgIpc) is 3.42. The van der Waals surface area contributed by atoms with E-state index in [4.69, 9.17) is 28.4 Å². The van der Waals surface area contributed by atoms with Gasteiger partial charge in [-0.3, -0.25) is 14.4 Å². The van der Waals surface area contributed by atoms with Crippen LogP contribution in [0.1, 0.15) is 49.0 Å². The van der Waals surface area contributed by atoms with Crippen molar-refractivity contribution in [3.63, 3.8) is 0 Å². The van der Waals surface area contributed by atoms with E-state index in [1.54, 1.807) is 24.3 Å². The van der Waals surface area contributed by atoms with Gasteiger partial charge in [0.2, 0.25) is 5.82 Å². The zero-order valence-electron chi connectivity index (χ0n) is 20.8. The Labute approximate surface area is 211 Å². The number of methoxy groups -OCH3 is 2. The van der Waals surface area contributed by atoms with Crippen LogP contribution in [0.3, 0.4) is 0 Å². The van der Waals surface area contributed by atoms with E-state index in [-0.39, 0.29) is 18.3 Å². The second-order valence-electron chi connectivity index (χ2n) is 7.69. The van der Waals surface area contributed by atoms with Crippen molar-refractivity contribution in [2.24, 2.45) is 0 Å². The Hall–Kier alpha value is -4.44. The summed E-state index contributed by atoms with van der Waals surface area (Å²) >= 11 is 0. The Balaban J connectivity index is 2.07. The molecule has 196 valence electrons. The van der Waals surface area contributed by atoms with Crippen molar-refractivity contribution in [2.45, 2.75) is 45.3 Å². The fourth-order valence-electron chi connectivity index (χ4n) is 3.46. The van der Waals surface area contributed by atoms with Crippen LogP contribution in [0.25, 0.3) is 0 Å². The van der Waals surface area contributed by atoms with Crippen molar-refractivity contribution in [3.8, 4) is 17.6 Å². The van der Waals surface area contributed by atoms with E-state index < -0.39 is 48.4 Å². The molecule has 0 unspecified atom stereocenters. The Morgan fingerprint density at radius 1 is 0.946 bits per heavy atom. The molecule has 4 atom stereocenters. The third-order valence-corrected chi connectivity index (χ3v) is 4.99. The molecule has 0 radical (unpaired) electrons. The molecule has 1 aliphatic heterocycles. The molecule has 1 saturated heterocycles. The SMILES string of the molecule is COC(=O)c1nc(C#Cc2ccc(OC)cc2)n([C@@H]2O[C@H](COC(C)=O)[C@@H](OC(C)=O)[C@H]2OC(C)=O)n1. The molecule has 3 rings (SSSR count). The molecular weight excluding hydrogens is 490 g/mol. The van der Waals surface area contributed by atoms with Crippen molar-refractivity contribution in [1.82, 2.24) is 14.8 Å². The molecule has 1 fully saturated rings. The highest BCUT2D eigenvalue weighted by molar-refractivity contribution is 5.85. The Bertz CT molecular complexity index is 1230. The third kappa shape index (κ3) is 6.83. The zero-order valence-corrected chi connectivity index (χ0v) is 20.8. The van der Waals surface area contributed by atoms with Gasteiger partial charge >= 0.3 is 23.9 Å². The number of hydrogen-bond donors (Lipinski definition) is 0. The molecule has 0 saturated carbocycles. The van der Waals surface area contributed by atoms with E-state index in [2.05, 4.69) is 21.9 Å². The van der Waals surface area contributed by atoms with Crippen LogP contribution in [0.2, 0.25) is 0 Å². The lowest BCUT2D eigenvalue weighted by Gasteiger charge is -2.23. The lowest BCUT2D eigenvalue weighted by Crippen LogP contribution is -2.40. The van der Waals surface area contributed by atoms with E-state index in [0.717, 1.165) is 25.6 Å². The summed E-state index contributed by atoms with van der Waals surface area (Å²) < 4.78 is 32.8. The first-order chi connectivity index (χ1) is 17.6. The number of benzene rings is 1. The molecule has 0 N–H and O–H groups in total. The van der Waals surface area contributed by atoms with Gasteiger partial charge in [-0.05, 0) is 30.2 Å². The highest BCUT2D eigenvalue weighted by Crippen LogP contribution is 2.34. The fraction of sp³-hybridized carbons (Fsp3) is 0.417. The summed E-state index contributed by atoms with van der Waals surface area (Å²) in [5.74, 6) is 3.15. The third-order valence-electron chi connectivity index (χ3n) is 4.99. The van der Waals surface area contributed by atoms with Gasteiger partial charge in [0, 0.05) is 26.3 Å². The first-order valence-corrected chi connectivity index (χ1v) is 11.0. The van der Waals surface area contributed by atoms with Crippen LogP contribution < -0.4 is 4.74 Å². The number of hydrogen-bond acceptors (Lipinski definition) is 12. The van der Waals surface area contributed by atoms with Crippen LogP contribution in [0, 0.1) is 11.8 Å². The lowest BCUT2D eigenvalue weighted by molar-refractivity contribution is -0.166. The van der Waals surface area contributed by atoms with Crippen molar-refractivity contribution >= 4 is 23.9 Å². The summed E-state index contributed by atoms with van der Waals surface area (Å²) in [6, 6.07) is 6.87. The highest BCUT2D eigenvalue weighted by atomic mass is 16.7. The van der Waals surface area contributed by atoms with Crippen LogP contribution in [-0.4, -0.2) is 77.8 Å². The van der Waals surface area contributed by atoms with E-state index in [1.165, 1.54) is 14.0 Å². The van der Waals surface area contributed by atoms with Gasteiger partial charge in [-0.15, -0.1) is 5.10 Å². The van der Waals surface area contributed by atoms with Gasteiger partial charge in [0.25, 0.3) is 5.82 Å². The molecule has 13 nitrogen and oxygen atoms in total. The van der Waals surface area contributed by atoms with Crippen LogP contribution in [0.4, 0.5) is 0 Å². The van der Waals surface area contributed by atoms with E-state index >= 15 is 0 Å². The van der Waals surface area contributed by atoms with Crippen LogP contribution in [-0.2, 0) is 38.1 Å². The maximum Gasteiger partial charge on any atom is 0.378 e. The van der Waals surface area contributed by atoms with Gasteiger partial charge in [0.1, 0.15) is 18.5 Å². The monoisotopic (exact) mass is 515 g/mol. The largest absolute Gasteiger partial charge is 0.497 e. The number of nitrogens with zero attached hydrogens (tertiary/aromatic N) is 3. The lowest BCUT2D eigenvalue weighted by atomic mass is 10.1. The number of esters is 4. The smallest absolute Gasteiger partial charge is 0.378 e. The Morgan fingerprint density at radius 3 is 2.16 bits per heavy atom. The predicted octanol–water partition coefficient (Wildman–Crippen LogP) is 0.797. The van der Waals surface area contributed by atoms with Gasteiger partial charge in [0.15, 0.2) is 18.4 Å². The Kier molecular flexibility index (Phi) is 8.81. The summed E-state index contributed by atoms with van der Waals surface area (Å²) in [7, 11) is 2.70. The van der Waals surface area contributed by atoms with Crippen LogP contribution in [0.15, 0.2) is 24.3 Å². The second kappa shape index (κ2) is 12.0. The molecule has 0 bridgehead atoms. The maximum atomic E-state index is 12.2. The van der Waals surface area contributed by atoms with E-state index in [9.17, 15) is 19.2 Å². The van der Waals surface area contributed by atoms with Gasteiger partial charge < -0.3 is 28.4 Å². The standard InChI is InChI=1S/C24H25N3O10/c1-13(28)34-12-18-20(35-14(2)29)21(36-15(3)30)23(37-18)27-19(25-22(26-27)24(31)33-5)11-8-16-6-9-17(32-4)10-7-16/h6-7,9-10,18,20-21,23H,12H2,1-5H3/t18-,20-,21-,23-/m1/s1. The second-order valence-corrected chi connectivity index (χ2v) is 7.69. The maximum absolute atomic E-state index is 12.2. The highest BCUT2D eigenvalue weighted by Gasteiger charge is 2.51. The summed E-state index contributed by atoms with van der Waals surface area (Å²) in [6.45, 7) is 3.21. The molecular formula is C24H25N3O10.